The number of aromatic nitrogens is 3. The molecule has 0 spiro atoms. The highest BCUT2D eigenvalue weighted by molar-refractivity contribution is 6.13. The van der Waals surface area contributed by atoms with E-state index in [4.69, 9.17) is 4.98 Å². The Hall–Kier alpha value is -7.22. The van der Waals surface area contributed by atoms with Crippen molar-refractivity contribution >= 4 is 43.6 Å². The van der Waals surface area contributed by atoms with Crippen LogP contribution in [0.5, 0.6) is 0 Å². The summed E-state index contributed by atoms with van der Waals surface area (Å²) >= 11 is 0. The Balaban J connectivity index is 1.34. The number of pyridine rings is 1. The summed E-state index contributed by atoms with van der Waals surface area (Å²) in [5, 5.41) is 14.8. The van der Waals surface area contributed by atoms with Gasteiger partial charge in [0.1, 0.15) is 0 Å². The van der Waals surface area contributed by atoms with Gasteiger partial charge in [0.15, 0.2) is 0 Å². The Morgan fingerprint density at radius 3 is 1.37 bits per heavy atom. The van der Waals surface area contributed by atoms with E-state index in [1.807, 2.05) is 30.6 Å². The zero-order valence-electron chi connectivity index (χ0n) is 28.1. The van der Waals surface area contributed by atoms with Crippen LogP contribution < -0.4 is 0 Å². The summed E-state index contributed by atoms with van der Waals surface area (Å²) in [5.41, 5.74) is 13.4. The number of fused-ring (bicyclic) bond motifs is 6. The Kier molecular flexibility index (Phi) is 6.84. The van der Waals surface area contributed by atoms with Gasteiger partial charge >= 0.3 is 0 Å². The molecule has 0 saturated heterocycles. The lowest BCUT2D eigenvalue weighted by Gasteiger charge is -2.20. The smallest absolute Gasteiger partial charge is 0.0991 e. The van der Waals surface area contributed by atoms with E-state index in [1.54, 1.807) is 0 Å². The first-order chi connectivity index (χ1) is 25.8. The van der Waals surface area contributed by atoms with Gasteiger partial charge < -0.3 is 9.13 Å². The Labute approximate surface area is 300 Å². The molecule has 0 bridgehead atoms. The monoisotopic (exact) mass is 662 g/mol. The van der Waals surface area contributed by atoms with Crippen LogP contribution >= 0.6 is 0 Å². The number of benzene rings is 7. The van der Waals surface area contributed by atoms with Gasteiger partial charge in [0.2, 0.25) is 0 Å². The fraction of sp³-hybridized carbons (Fsp3) is 0. The number of hydrogen-bond donors (Lipinski definition) is 0. The first-order valence-corrected chi connectivity index (χ1v) is 17.4. The standard InChI is InChI=1S/C48H30N4/c49-29-32-12-11-17-37(26-32)48-46(51-42-20-9-7-18-38(42)40-24-22-35(27-44(40)51)33-13-3-1-4-14-33)30-50-31-47(48)52-43-21-10-8-19-39(43)41-25-23-36(28-45(41)52)34-15-5-2-6-16-34/h1-28,30-31H. The molecule has 10 rings (SSSR count). The van der Waals surface area contributed by atoms with Gasteiger partial charge in [-0.15, -0.1) is 0 Å². The maximum Gasteiger partial charge on any atom is 0.0991 e. The molecule has 242 valence electrons. The van der Waals surface area contributed by atoms with Gasteiger partial charge in [0.25, 0.3) is 0 Å². The summed E-state index contributed by atoms with van der Waals surface area (Å²) < 4.78 is 4.70. The Bertz CT molecular complexity index is 2840. The number of rotatable bonds is 5. The second-order valence-electron chi connectivity index (χ2n) is 13.1. The van der Waals surface area contributed by atoms with Gasteiger partial charge in [-0.05, 0) is 64.2 Å². The highest BCUT2D eigenvalue weighted by Crippen LogP contribution is 2.43. The van der Waals surface area contributed by atoms with Crippen LogP contribution in [-0.4, -0.2) is 14.1 Å². The van der Waals surface area contributed by atoms with E-state index in [9.17, 15) is 5.26 Å². The second kappa shape index (κ2) is 12.0. The molecule has 0 fully saturated rings. The molecule has 3 aromatic heterocycles. The molecule has 0 aliphatic carbocycles. The third-order valence-electron chi connectivity index (χ3n) is 10.2. The summed E-state index contributed by atoms with van der Waals surface area (Å²) in [4.78, 5) is 5.01. The average Bonchev–Trinajstić information content (AvgIpc) is 3.73. The van der Waals surface area contributed by atoms with Crippen LogP contribution in [0.2, 0.25) is 0 Å². The fourth-order valence-corrected chi connectivity index (χ4v) is 7.90. The third-order valence-corrected chi connectivity index (χ3v) is 10.2. The average molecular weight is 663 g/mol. The number of nitrogens with zero attached hydrogens (tertiary/aromatic N) is 4. The van der Waals surface area contributed by atoms with Gasteiger partial charge in [0.05, 0.1) is 57.5 Å². The van der Waals surface area contributed by atoms with E-state index in [1.165, 1.54) is 21.5 Å². The lowest BCUT2D eigenvalue weighted by atomic mass is 10.00. The number of para-hydroxylation sites is 2. The molecule has 0 saturated carbocycles. The van der Waals surface area contributed by atoms with Crippen molar-refractivity contribution in [2.45, 2.75) is 0 Å². The highest BCUT2D eigenvalue weighted by Gasteiger charge is 2.23. The maximum absolute atomic E-state index is 10.1. The van der Waals surface area contributed by atoms with Gasteiger partial charge in [-0.3, -0.25) is 4.98 Å². The van der Waals surface area contributed by atoms with Crippen molar-refractivity contribution in [1.82, 2.24) is 14.1 Å². The molecular weight excluding hydrogens is 633 g/mol. The molecule has 0 unspecified atom stereocenters. The first kappa shape index (κ1) is 29.7. The molecule has 0 N–H and O–H groups in total. The van der Waals surface area contributed by atoms with E-state index in [2.05, 4.69) is 167 Å². The van der Waals surface area contributed by atoms with Gasteiger partial charge in [0, 0.05) is 27.1 Å². The van der Waals surface area contributed by atoms with Crippen molar-refractivity contribution in [3.05, 3.63) is 188 Å². The molecule has 0 atom stereocenters. The van der Waals surface area contributed by atoms with Crippen LogP contribution in [0.3, 0.4) is 0 Å². The largest absolute Gasteiger partial charge is 0.307 e. The second-order valence-corrected chi connectivity index (χ2v) is 13.1. The lowest BCUT2D eigenvalue weighted by molar-refractivity contribution is 1.09. The molecule has 0 amide bonds. The van der Waals surface area contributed by atoms with Crippen molar-refractivity contribution in [3.8, 4) is 50.8 Å². The fourth-order valence-electron chi connectivity index (χ4n) is 7.90. The summed E-state index contributed by atoms with van der Waals surface area (Å²) in [5.74, 6) is 0. The van der Waals surface area contributed by atoms with Crippen LogP contribution in [0.4, 0.5) is 0 Å². The highest BCUT2D eigenvalue weighted by atomic mass is 15.0. The topological polar surface area (TPSA) is 46.5 Å². The maximum atomic E-state index is 10.1. The molecule has 0 radical (unpaired) electrons. The zero-order chi connectivity index (χ0) is 34.6. The molecule has 7 aromatic carbocycles. The van der Waals surface area contributed by atoms with E-state index < -0.39 is 0 Å². The van der Waals surface area contributed by atoms with E-state index in [0.29, 0.717) is 5.56 Å². The molecule has 4 nitrogen and oxygen atoms in total. The van der Waals surface area contributed by atoms with Crippen molar-refractivity contribution in [1.29, 1.82) is 5.26 Å². The lowest BCUT2D eigenvalue weighted by Crippen LogP contribution is -2.05. The molecule has 0 aliphatic heterocycles. The molecular formula is C48H30N4. The molecule has 0 aliphatic rings. The molecule has 52 heavy (non-hydrogen) atoms. The first-order valence-electron chi connectivity index (χ1n) is 17.4. The quantitative estimate of drug-likeness (QED) is 0.184. The minimum Gasteiger partial charge on any atom is -0.307 e. The van der Waals surface area contributed by atoms with Crippen molar-refractivity contribution in [2.24, 2.45) is 0 Å². The predicted octanol–water partition coefficient (Wildman–Crippen LogP) is 12.1. The normalized spacial score (nSPS) is 11.4. The minimum absolute atomic E-state index is 0.605. The summed E-state index contributed by atoms with van der Waals surface area (Å²) in [7, 11) is 0. The van der Waals surface area contributed by atoms with Crippen molar-refractivity contribution in [3.63, 3.8) is 0 Å². The van der Waals surface area contributed by atoms with Gasteiger partial charge in [-0.25, -0.2) is 0 Å². The van der Waals surface area contributed by atoms with Crippen LogP contribution in [0.15, 0.2) is 182 Å². The van der Waals surface area contributed by atoms with Gasteiger partial charge in [-0.2, -0.15) is 5.26 Å². The third kappa shape index (κ3) is 4.65. The van der Waals surface area contributed by atoms with E-state index >= 15 is 0 Å². The van der Waals surface area contributed by atoms with Crippen LogP contribution in [0.1, 0.15) is 5.56 Å². The SMILES string of the molecule is N#Cc1cccc(-c2c(-n3c4ccccc4c4ccc(-c5ccccc5)cc43)cncc2-n2c3ccccc3c3ccc(-c4ccccc4)cc32)c1. The van der Waals surface area contributed by atoms with Crippen LogP contribution in [0, 0.1) is 11.3 Å². The Morgan fingerprint density at radius 2 is 0.846 bits per heavy atom. The van der Waals surface area contributed by atoms with Gasteiger partial charge in [-0.1, -0.05) is 133 Å². The summed E-state index contributed by atoms with van der Waals surface area (Å²) in [6.45, 7) is 0. The van der Waals surface area contributed by atoms with Crippen LogP contribution in [-0.2, 0) is 0 Å². The Morgan fingerprint density at radius 1 is 0.385 bits per heavy atom. The van der Waals surface area contributed by atoms with E-state index in [0.717, 1.165) is 66.8 Å². The van der Waals surface area contributed by atoms with E-state index in [-0.39, 0.29) is 0 Å². The predicted molar refractivity (Wildman–Crippen MR) is 214 cm³/mol. The van der Waals surface area contributed by atoms with Crippen molar-refractivity contribution in [2.75, 3.05) is 0 Å². The summed E-state index contributed by atoms with van der Waals surface area (Å²) in [6, 6.07) is 62.0. The molecule has 3 heterocycles. The minimum atomic E-state index is 0.605. The number of nitriles is 1. The molecule has 10 aromatic rings. The number of hydrogen-bond acceptors (Lipinski definition) is 2. The van der Waals surface area contributed by atoms with Crippen LogP contribution in [0.25, 0.3) is 88.4 Å². The molecule has 4 heteroatoms. The zero-order valence-corrected chi connectivity index (χ0v) is 28.1. The summed E-state index contributed by atoms with van der Waals surface area (Å²) in [6.07, 6.45) is 3.95. The van der Waals surface area contributed by atoms with Crippen molar-refractivity contribution < 1.29 is 0 Å².